The fourth-order valence-electron chi connectivity index (χ4n) is 4.95. The van der Waals surface area contributed by atoms with Gasteiger partial charge in [0.25, 0.3) is 0 Å². The summed E-state index contributed by atoms with van der Waals surface area (Å²) in [4.78, 5) is 17.7. The van der Waals surface area contributed by atoms with E-state index in [0.717, 1.165) is 76.0 Å². The van der Waals surface area contributed by atoms with Crippen LogP contribution in [0.3, 0.4) is 0 Å². The number of benzene rings is 3. The smallest absolute Gasteiger partial charge is 0.322 e. The molecule has 0 radical (unpaired) electrons. The molecule has 0 aliphatic carbocycles. The Hall–Kier alpha value is -3.56. The van der Waals surface area contributed by atoms with Crippen LogP contribution in [-0.4, -0.2) is 56.2 Å². The number of sulfonamides is 1. The van der Waals surface area contributed by atoms with Crippen LogP contribution in [0.5, 0.6) is 11.5 Å². The summed E-state index contributed by atoms with van der Waals surface area (Å²) >= 11 is 0. The first-order valence-corrected chi connectivity index (χ1v) is 15.9. The number of hydrogen-bond donors (Lipinski definition) is 2. The first-order chi connectivity index (χ1) is 19.3. The topological polar surface area (TPSA) is 91.0 Å². The van der Waals surface area contributed by atoms with E-state index in [2.05, 4.69) is 38.9 Å². The van der Waals surface area contributed by atoms with Crippen molar-refractivity contribution < 1.29 is 17.9 Å². The molecule has 1 heterocycles. The number of urea groups is 1. The van der Waals surface area contributed by atoms with Crippen LogP contribution in [0.25, 0.3) is 0 Å². The molecule has 3 aromatic rings. The molecule has 1 fully saturated rings. The Morgan fingerprint density at radius 3 is 2.12 bits per heavy atom. The number of piperidine rings is 1. The fourth-order valence-corrected chi connectivity index (χ4v) is 5.51. The van der Waals surface area contributed by atoms with Gasteiger partial charge in [-0.25, -0.2) is 13.2 Å². The van der Waals surface area contributed by atoms with Crippen LogP contribution in [0.2, 0.25) is 0 Å². The molecule has 1 aliphatic rings. The van der Waals surface area contributed by atoms with E-state index in [-0.39, 0.29) is 12.1 Å². The summed E-state index contributed by atoms with van der Waals surface area (Å²) in [5, 5.41) is 3.09. The Bertz CT molecular complexity index is 1310. The van der Waals surface area contributed by atoms with Gasteiger partial charge in [0, 0.05) is 43.6 Å². The van der Waals surface area contributed by atoms with Gasteiger partial charge in [-0.2, -0.15) is 0 Å². The maximum atomic E-state index is 13.2. The molecular weight excluding hydrogens is 524 g/mol. The van der Waals surface area contributed by atoms with Gasteiger partial charge >= 0.3 is 6.03 Å². The largest absolute Gasteiger partial charge is 0.457 e. The van der Waals surface area contributed by atoms with Crippen LogP contribution in [0.15, 0.2) is 78.9 Å². The lowest BCUT2D eigenvalue weighted by molar-refractivity contribution is 0.122. The third kappa shape index (κ3) is 9.27. The number of likely N-dealkylation sites (tertiary alicyclic amines) is 1. The molecule has 2 N–H and O–H groups in total. The molecule has 4 rings (SSSR count). The van der Waals surface area contributed by atoms with Gasteiger partial charge in [0.15, 0.2) is 0 Å². The number of rotatable bonds is 12. The number of carbonyl (C=O) groups excluding carboxylic acids is 1. The minimum absolute atomic E-state index is 0.00218. The first kappa shape index (κ1) is 29.4. The van der Waals surface area contributed by atoms with E-state index in [0.29, 0.717) is 11.4 Å². The van der Waals surface area contributed by atoms with Crippen molar-refractivity contribution in [3.8, 4) is 11.5 Å². The summed E-state index contributed by atoms with van der Waals surface area (Å²) in [7, 11) is -3.31. The molecule has 40 heavy (non-hydrogen) atoms. The van der Waals surface area contributed by atoms with Gasteiger partial charge in [-0.1, -0.05) is 50.1 Å². The standard InChI is InChI=1S/C31H40N4O4S/c1-3-4-8-21-35(31(36)32-26-9-6-5-7-10-26)28-19-22-34(23-20-28)24-25-11-15-29(16-12-25)39-30-17-13-27(14-18-30)33-40(2,37)38/h5-7,9-18,28,33H,3-4,8,19-24H2,1-2H3,(H,32,36). The van der Waals surface area contributed by atoms with E-state index >= 15 is 0 Å². The maximum absolute atomic E-state index is 13.2. The molecule has 0 aromatic heterocycles. The van der Waals surface area contributed by atoms with Gasteiger partial charge < -0.3 is 15.0 Å². The van der Waals surface area contributed by atoms with Crippen LogP contribution < -0.4 is 14.8 Å². The van der Waals surface area contributed by atoms with E-state index in [1.54, 1.807) is 24.3 Å². The third-order valence-electron chi connectivity index (χ3n) is 7.01. The van der Waals surface area contributed by atoms with Crippen molar-refractivity contribution in [2.24, 2.45) is 0 Å². The van der Waals surface area contributed by atoms with Gasteiger partial charge in [0.2, 0.25) is 10.0 Å². The molecule has 214 valence electrons. The van der Waals surface area contributed by atoms with Crippen LogP contribution in [-0.2, 0) is 16.6 Å². The van der Waals surface area contributed by atoms with Crippen molar-refractivity contribution in [1.82, 2.24) is 9.80 Å². The summed E-state index contributed by atoms with van der Waals surface area (Å²) in [6.07, 6.45) is 6.31. The molecule has 0 saturated carbocycles. The average Bonchev–Trinajstić information content (AvgIpc) is 2.94. The Morgan fingerprint density at radius 2 is 1.52 bits per heavy atom. The molecule has 0 bridgehead atoms. The number of carbonyl (C=O) groups is 1. The van der Waals surface area contributed by atoms with E-state index in [1.165, 1.54) is 5.56 Å². The zero-order valence-electron chi connectivity index (χ0n) is 23.4. The van der Waals surface area contributed by atoms with Crippen molar-refractivity contribution in [2.45, 2.75) is 51.6 Å². The zero-order valence-corrected chi connectivity index (χ0v) is 24.2. The number of amides is 2. The second kappa shape index (κ2) is 14.2. The molecular formula is C31H40N4O4S. The first-order valence-electron chi connectivity index (χ1n) is 14.0. The van der Waals surface area contributed by atoms with Crippen LogP contribution in [0.4, 0.5) is 16.2 Å². The zero-order chi connectivity index (χ0) is 28.4. The Morgan fingerprint density at radius 1 is 0.900 bits per heavy atom. The summed E-state index contributed by atoms with van der Waals surface area (Å²) in [5.74, 6) is 1.35. The minimum Gasteiger partial charge on any atom is -0.457 e. The van der Waals surface area contributed by atoms with Crippen molar-refractivity contribution in [1.29, 1.82) is 0 Å². The lowest BCUT2D eigenvalue weighted by Gasteiger charge is -2.38. The number of unbranched alkanes of at least 4 members (excludes halogenated alkanes) is 2. The van der Waals surface area contributed by atoms with E-state index in [9.17, 15) is 13.2 Å². The highest BCUT2D eigenvalue weighted by Crippen LogP contribution is 2.25. The van der Waals surface area contributed by atoms with Gasteiger partial charge in [-0.15, -0.1) is 0 Å². The maximum Gasteiger partial charge on any atom is 0.322 e. The second-order valence-corrected chi connectivity index (χ2v) is 12.1. The number of nitrogens with one attached hydrogen (secondary N) is 2. The molecule has 8 nitrogen and oxygen atoms in total. The molecule has 3 aromatic carbocycles. The predicted molar refractivity (Wildman–Crippen MR) is 161 cm³/mol. The number of ether oxygens (including phenoxy) is 1. The van der Waals surface area contributed by atoms with Gasteiger partial charge in [-0.05, 0) is 73.4 Å². The minimum atomic E-state index is -3.31. The van der Waals surface area contributed by atoms with Gasteiger partial charge in [-0.3, -0.25) is 9.62 Å². The SMILES string of the molecule is CCCCCN(C(=O)Nc1ccccc1)C1CCN(Cc2ccc(Oc3ccc(NS(C)(=O)=O)cc3)cc2)CC1. The number of anilines is 2. The summed E-state index contributed by atoms with van der Waals surface area (Å²) < 4.78 is 31.1. The summed E-state index contributed by atoms with van der Waals surface area (Å²) in [6, 6.07) is 24.8. The predicted octanol–water partition coefficient (Wildman–Crippen LogP) is 6.54. The summed E-state index contributed by atoms with van der Waals surface area (Å²) in [6.45, 7) is 5.71. The molecule has 0 spiro atoms. The van der Waals surface area contributed by atoms with E-state index in [4.69, 9.17) is 4.74 Å². The highest BCUT2D eigenvalue weighted by molar-refractivity contribution is 7.92. The molecule has 1 saturated heterocycles. The summed E-state index contributed by atoms with van der Waals surface area (Å²) in [5.41, 5.74) is 2.54. The normalized spacial score (nSPS) is 14.4. The Kier molecular flexibility index (Phi) is 10.4. The van der Waals surface area contributed by atoms with Crippen molar-refractivity contribution in [3.05, 3.63) is 84.4 Å². The number of nitrogens with zero attached hydrogens (tertiary/aromatic N) is 2. The highest BCUT2D eigenvalue weighted by atomic mass is 32.2. The van der Waals surface area contributed by atoms with Crippen LogP contribution in [0, 0.1) is 0 Å². The second-order valence-electron chi connectivity index (χ2n) is 10.3. The third-order valence-corrected chi connectivity index (χ3v) is 7.62. The molecule has 0 unspecified atom stereocenters. The van der Waals surface area contributed by atoms with E-state index < -0.39 is 10.0 Å². The monoisotopic (exact) mass is 564 g/mol. The number of para-hydroxylation sites is 1. The fraction of sp³-hybridized carbons (Fsp3) is 0.387. The Balaban J connectivity index is 1.27. The molecule has 9 heteroatoms. The molecule has 1 aliphatic heterocycles. The van der Waals surface area contributed by atoms with Crippen LogP contribution >= 0.6 is 0 Å². The van der Waals surface area contributed by atoms with E-state index in [1.807, 2.05) is 42.5 Å². The average molecular weight is 565 g/mol. The lowest BCUT2D eigenvalue weighted by atomic mass is 10.0. The lowest BCUT2D eigenvalue weighted by Crippen LogP contribution is -2.49. The molecule has 2 amide bonds. The van der Waals surface area contributed by atoms with Crippen LogP contribution in [0.1, 0.15) is 44.6 Å². The Labute approximate surface area is 238 Å². The van der Waals surface area contributed by atoms with Crippen molar-refractivity contribution >= 4 is 27.4 Å². The van der Waals surface area contributed by atoms with Gasteiger partial charge in [0.1, 0.15) is 11.5 Å². The quantitative estimate of drug-likeness (QED) is 0.244. The number of hydrogen-bond acceptors (Lipinski definition) is 5. The molecule has 0 atom stereocenters. The van der Waals surface area contributed by atoms with Gasteiger partial charge in [0.05, 0.1) is 6.26 Å². The highest BCUT2D eigenvalue weighted by Gasteiger charge is 2.28. The van der Waals surface area contributed by atoms with Crippen molar-refractivity contribution in [3.63, 3.8) is 0 Å². The van der Waals surface area contributed by atoms with Crippen molar-refractivity contribution in [2.75, 3.05) is 35.9 Å².